The third kappa shape index (κ3) is 5.66. The van der Waals surface area contributed by atoms with Gasteiger partial charge in [0, 0.05) is 5.33 Å². The van der Waals surface area contributed by atoms with Gasteiger partial charge in [0.2, 0.25) is 0 Å². The van der Waals surface area contributed by atoms with E-state index in [-0.39, 0.29) is 25.2 Å². The van der Waals surface area contributed by atoms with E-state index in [2.05, 4.69) is 15.9 Å². The van der Waals surface area contributed by atoms with Gasteiger partial charge in [-0.25, -0.2) is 9.59 Å². The van der Waals surface area contributed by atoms with Crippen molar-refractivity contribution in [3.05, 3.63) is 83.4 Å². The van der Waals surface area contributed by atoms with Crippen LogP contribution in [0.4, 0.5) is 0 Å². The maximum Gasteiger partial charge on any atom is 0.338 e. The summed E-state index contributed by atoms with van der Waals surface area (Å²) in [7, 11) is 0. The highest BCUT2D eigenvalue weighted by atomic mass is 79.9. The fourth-order valence-electron chi connectivity index (χ4n) is 1.86. The highest BCUT2D eigenvalue weighted by Crippen LogP contribution is 2.07. The first-order valence-corrected chi connectivity index (χ1v) is 8.51. The molecule has 0 fully saturated rings. The molecule has 24 heavy (non-hydrogen) atoms. The van der Waals surface area contributed by atoms with E-state index in [1.807, 2.05) is 12.1 Å². The van der Waals surface area contributed by atoms with Crippen LogP contribution in [0.3, 0.4) is 0 Å². The number of hydrogen-bond acceptors (Lipinski definition) is 4. The van der Waals surface area contributed by atoms with E-state index < -0.39 is 0 Å². The van der Waals surface area contributed by atoms with Crippen LogP contribution in [-0.4, -0.2) is 30.5 Å². The Balaban J connectivity index is 1.81. The van der Waals surface area contributed by atoms with E-state index >= 15 is 0 Å². The van der Waals surface area contributed by atoms with Crippen molar-refractivity contribution in [1.82, 2.24) is 0 Å². The molecule has 5 heteroatoms. The minimum absolute atomic E-state index is 0.123. The first kappa shape index (κ1) is 17.9. The summed E-state index contributed by atoms with van der Waals surface area (Å²) in [6.45, 7) is 0.263. The highest BCUT2D eigenvalue weighted by Gasteiger charge is 2.08. The molecule has 0 aliphatic carbocycles. The van der Waals surface area contributed by atoms with E-state index in [0.29, 0.717) is 16.5 Å². The largest absolute Gasteiger partial charge is 0.458 e. The first-order valence-electron chi connectivity index (χ1n) is 7.39. The summed E-state index contributed by atoms with van der Waals surface area (Å²) in [4.78, 5) is 23.7. The lowest BCUT2D eigenvalue weighted by molar-refractivity contribution is 0.0520. The molecule has 0 atom stereocenters. The molecule has 2 aromatic carbocycles. The number of benzene rings is 2. The summed E-state index contributed by atoms with van der Waals surface area (Å²) in [5, 5.41) is 0.526. The van der Waals surface area contributed by atoms with Crippen molar-refractivity contribution >= 4 is 27.9 Å². The van der Waals surface area contributed by atoms with Crippen LogP contribution < -0.4 is 0 Å². The summed E-state index contributed by atoms with van der Waals surface area (Å²) in [6.07, 6.45) is 1.73. The molecule has 0 aliphatic rings. The average Bonchev–Trinajstić information content (AvgIpc) is 2.65. The van der Waals surface area contributed by atoms with Gasteiger partial charge in [-0.05, 0) is 35.9 Å². The quantitative estimate of drug-likeness (QED) is 0.408. The molecule has 124 valence electrons. The lowest BCUT2D eigenvalue weighted by Crippen LogP contribution is -2.10. The van der Waals surface area contributed by atoms with Crippen molar-refractivity contribution in [1.29, 1.82) is 0 Å². The number of alkyl halides is 1. The van der Waals surface area contributed by atoms with E-state index in [9.17, 15) is 9.59 Å². The number of halogens is 1. The van der Waals surface area contributed by atoms with Gasteiger partial charge >= 0.3 is 11.9 Å². The van der Waals surface area contributed by atoms with Crippen molar-refractivity contribution in [2.24, 2.45) is 0 Å². The number of rotatable bonds is 7. The molecule has 4 nitrogen and oxygen atoms in total. The van der Waals surface area contributed by atoms with Crippen LogP contribution in [0.2, 0.25) is 0 Å². The second-order valence-corrected chi connectivity index (χ2v) is 5.46. The van der Waals surface area contributed by atoms with Gasteiger partial charge in [0.25, 0.3) is 0 Å². The van der Waals surface area contributed by atoms with E-state index in [1.54, 1.807) is 54.6 Å². The molecule has 0 heterocycles. The number of hydrogen-bond donors (Lipinski definition) is 0. The van der Waals surface area contributed by atoms with Gasteiger partial charge in [0.15, 0.2) is 0 Å². The Morgan fingerprint density at radius 3 is 1.83 bits per heavy atom. The molecule has 0 aliphatic heterocycles. The normalized spacial score (nSPS) is 11.0. The van der Waals surface area contributed by atoms with Crippen molar-refractivity contribution in [2.75, 3.05) is 18.5 Å². The molecule has 0 N–H and O–H groups in total. The van der Waals surface area contributed by atoms with Crippen molar-refractivity contribution in [2.45, 2.75) is 0 Å². The van der Waals surface area contributed by atoms with E-state index in [1.165, 1.54) is 0 Å². The lowest BCUT2D eigenvalue weighted by Gasteiger charge is -2.07. The molecule has 0 radical (unpaired) electrons. The van der Waals surface area contributed by atoms with Crippen molar-refractivity contribution in [3.63, 3.8) is 0 Å². The second kappa shape index (κ2) is 9.67. The number of ether oxygens (including phenoxy) is 2. The number of esters is 2. The summed E-state index contributed by atoms with van der Waals surface area (Å²) in [5.74, 6) is -0.772. The maximum absolute atomic E-state index is 11.9. The van der Waals surface area contributed by atoms with Crippen LogP contribution in [0.1, 0.15) is 20.7 Å². The summed E-state index contributed by atoms with van der Waals surface area (Å²) >= 11 is 3.33. The van der Waals surface area contributed by atoms with Crippen LogP contribution in [0.15, 0.2) is 72.3 Å². The molecule has 2 rings (SSSR count). The monoisotopic (exact) mass is 388 g/mol. The molecule has 0 saturated carbocycles. The minimum atomic E-state index is -0.387. The van der Waals surface area contributed by atoms with Gasteiger partial charge in [-0.2, -0.15) is 0 Å². The van der Waals surface area contributed by atoms with Crippen LogP contribution in [0.5, 0.6) is 0 Å². The Labute approximate surface area is 149 Å². The van der Waals surface area contributed by atoms with Gasteiger partial charge in [-0.15, -0.1) is 0 Å². The Bertz CT molecular complexity index is 696. The predicted molar refractivity (Wildman–Crippen MR) is 95.3 cm³/mol. The SMILES string of the molecule is O=C(OC/C=C(/CBr)COC(=O)c1ccccc1)c1ccccc1. The van der Waals surface area contributed by atoms with Crippen LogP contribution >= 0.6 is 15.9 Å². The van der Waals surface area contributed by atoms with E-state index in [0.717, 1.165) is 5.57 Å². The van der Waals surface area contributed by atoms with Crippen LogP contribution in [0.25, 0.3) is 0 Å². The third-order valence-electron chi connectivity index (χ3n) is 3.17. The fourth-order valence-corrected chi connectivity index (χ4v) is 2.25. The van der Waals surface area contributed by atoms with Crippen molar-refractivity contribution in [3.8, 4) is 0 Å². The summed E-state index contributed by atoms with van der Waals surface area (Å²) in [6, 6.07) is 17.6. The number of carbonyl (C=O) groups is 2. The zero-order valence-corrected chi connectivity index (χ0v) is 14.6. The van der Waals surface area contributed by atoms with Gasteiger partial charge in [0.05, 0.1) is 11.1 Å². The zero-order chi connectivity index (χ0) is 17.2. The maximum atomic E-state index is 11.9. The van der Waals surface area contributed by atoms with Gasteiger partial charge in [-0.1, -0.05) is 52.3 Å². The average molecular weight is 389 g/mol. The Kier molecular flexibility index (Phi) is 7.23. The molecule has 0 unspecified atom stereocenters. The zero-order valence-electron chi connectivity index (χ0n) is 13.0. The molecule has 0 spiro atoms. The van der Waals surface area contributed by atoms with Crippen LogP contribution in [0, 0.1) is 0 Å². The third-order valence-corrected chi connectivity index (χ3v) is 3.89. The first-order chi connectivity index (χ1) is 11.7. The van der Waals surface area contributed by atoms with Crippen LogP contribution in [-0.2, 0) is 9.47 Å². The van der Waals surface area contributed by atoms with Gasteiger partial charge in [-0.3, -0.25) is 0 Å². The number of carbonyl (C=O) groups excluding carboxylic acids is 2. The standard InChI is InChI=1S/C19H17BrO4/c20-13-15(14-24-19(22)17-9-5-2-6-10-17)11-12-23-18(21)16-7-3-1-4-8-16/h1-11H,12-14H2/b15-11-. The smallest absolute Gasteiger partial charge is 0.338 e. The molecule has 0 aromatic heterocycles. The van der Waals surface area contributed by atoms with Gasteiger partial charge in [0.1, 0.15) is 13.2 Å². The Hall–Kier alpha value is -2.40. The molecule has 0 saturated heterocycles. The Morgan fingerprint density at radius 2 is 1.33 bits per heavy atom. The summed E-state index contributed by atoms with van der Waals surface area (Å²) in [5.41, 5.74) is 1.82. The predicted octanol–water partition coefficient (Wildman–Crippen LogP) is 4.02. The van der Waals surface area contributed by atoms with E-state index in [4.69, 9.17) is 9.47 Å². The molecular formula is C19H17BrO4. The Morgan fingerprint density at radius 1 is 0.833 bits per heavy atom. The molecule has 2 aromatic rings. The molecule has 0 bridgehead atoms. The molecule has 0 amide bonds. The summed E-state index contributed by atoms with van der Waals surface area (Å²) < 4.78 is 10.4. The fraction of sp³-hybridized carbons (Fsp3) is 0.158. The topological polar surface area (TPSA) is 52.6 Å². The van der Waals surface area contributed by atoms with Crippen molar-refractivity contribution < 1.29 is 19.1 Å². The highest BCUT2D eigenvalue weighted by molar-refractivity contribution is 9.09. The molecular weight excluding hydrogens is 372 g/mol. The lowest BCUT2D eigenvalue weighted by atomic mass is 10.2. The second-order valence-electron chi connectivity index (χ2n) is 4.90. The minimum Gasteiger partial charge on any atom is -0.458 e. The van der Waals surface area contributed by atoms with Gasteiger partial charge < -0.3 is 9.47 Å².